The van der Waals surface area contributed by atoms with Gasteiger partial charge in [-0.25, -0.2) is 0 Å². The maximum Gasteiger partial charge on any atom is 0.240 e. The fraction of sp³-hybridized carbons (Fsp3) is 0.333. The van der Waals surface area contributed by atoms with Crippen LogP contribution in [0.2, 0.25) is 0 Å². The van der Waals surface area contributed by atoms with Gasteiger partial charge in [0.2, 0.25) is 11.8 Å². The van der Waals surface area contributed by atoms with Gasteiger partial charge in [-0.1, -0.05) is 23.1 Å². The highest BCUT2D eigenvalue weighted by atomic mass is 32.2. The van der Waals surface area contributed by atoms with Crippen LogP contribution < -0.4 is 5.32 Å². The van der Waals surface area contributed by atoms with Crippen molar-refractivity contribution < 1.29 is 9.59 Å². The summed E-state index contributed by atoms with van der Waals surface area (Å²) in [5.74, 6) is -0.487. The summed E-state index contributed by atoms with van der Waals surface area (Å²) < 4.78 is 1.21. The van der Waals surface area contributed by atoms with E-state index in [0.717, 1.165) is 0 Å². The molecule has 8 heteroatoms. The van der Waals surface area contributed by atoms with Crippen LogP contribution in [0.25, 0.3) is 0 Å². The highest BCUT2D eigenvalue weighted by molar-refractivity contribution is 8.02. The Kier molecular flexibility index (Phi) is 2.75. The lowest BCUT2D eigenvalue weighted by molar-refractivity contribution is -0.124. The van der Waals surface area contributed by atoms with Crippen LogP contribution in [-0.2, 0) is 9.59 Å². The van der Waals surface area contributed by atoms with Crippen molar-refractivity contribution in [1.82, 2.24) is 15.5 Å². The van der Waals surface area contributed by atoms with Gasteiger partial charge >= 0.3 is 0 Å². The quantitative estimate of drug-likeness (QED) is 0.582. The predicted octanol–water partition coefficient (Wildman–Crippen LogP) is 0.334. The van der Waals surface area contributed by atoms with Gasteiger partial charge in [0.1, 0.15) is 0 Å². The lowest BCUT2D eigenvalue weighted by Crippen LogP contribution is -2.22. The van der Waals surface area contributed by atoms with Crippen molar-refractivity contribution in [3.05, 3.63) is 0 Å². The number of nitrogens with one attached hydrogen (secondary N) is 1. The third kappa shape index (κ3) is 2.07. The molecule has 0 saturated carbocycles. The van der Waals surface area contributed by atoms with E-state index >= 15 is 0 Å². The molecule has 2 amide bonds. The molecule has 74 valence electrons. The third-order valence-corrected chi connectivity index (χ3v) is 3.94. The Balaban J connectivity index is 2.05. The van der Waals surface area contributed by atoms with Gasteiger partial charge in [-0.05, 0) is 0 Å². The average Bonchev–Trinajstić information content (AvgIpc) is 2.61. The molecule has 1 aliphatic heterocycles. The normalized spacial score (nSPS) is 21.4. The zero-order valence-electron chi connectivity index (χ0n) is 6.76. The molecule has 0 aliphatic carbocycles. The summed E-state index contributed by atoms with van der Waals surface area (Å²) in [6.07, 6.45) is 0.213. The van der Waals surface area contributed by atoms with Crippen molar-refractivity contribution in [2.24, 2.45) is 0 Å². The molecule has 0 spiro atoms. The Morgan fingerprint density at radius 2 is 2.29 bits per heavy atom. The number of carbonyl (C=O) groups is 2. The van der Waals surface area contributed by atoms with Gasteiger partial charge in [0, 0.05) is 6.42 Å². The van der Waals surface area contributed by atoms with E-state index in [2.05, 4.69) is 28.1 Å². The van der Waals surface area contributed by atoms with Gasteiger partial charge in [0.25, 0.3) is 0 Å². The molecule has 1 saturated heterocycles. The van der Waals surface area contributed by atoms with E-state index < -0.39 is 0 Å². The molecule has 0 bridgehead atoms. The van der Waals surface area contributed by atoms with Gasteiger partial charge in [0.15, 0.2) is 8.68 Å². The molecule has 5 nitrogen and oxygen atoms in total. The van der Waals surface area contributed by atoms with E-state index in [-0.39, 0.29) is 23.5 Å². The number of thioether (sulfide) groups is 1. The minimum atomic E-state index is -0.372. The molecule has 2 rings (SSSR count). The molecule has 1 aromatic heterocycles. The summed E-state index contributed by atoms with van der Waals surface area (Å²) in [4.78, 5) is 22.0. The van der Waals surface area contributed by atoms with Gasteiger partial charge in [-0.15, -0.1) is 22.8 Å². The van der Waals surface area contributed by atoms with E-state index in [1.165, 1.54) is 23.1 Å². The molecule has 1 aromatic rings. The van der Waals surface area contributed by atoms with E-state index in [9.17, 15) is 9.59 Å². The average molecular weight is 247 g/mol. The summed E-state index contributed by atoms with van der Waals surface area (Å²) >= 11 is 6.54. The Morgan fingerprint density at radius 1 is 1.50 bits per heavy atom. The largest absolute Gasteiger partial charge is 0.295 e. The van der Waals surface area contributed by atoms with Crippen LogP contribution in [0.1, 0.15) is 6.42 Å². The second-order valence-electron chi connectivity index (χ2n) is 2.57. The molecule has 0 radical (unpaired) electrons. The van der Waals surface area contributed by atoms with Gasteiger partial charge in [0.05, 0.1) is 5.25 Å². The second kappa shape index (κ2) is 3.87. The summed E-state index contributed by atoms with van der Waals surface area (Å²) in [5.41, 5.74) is 0. The summed E-state index contributed by atoms with van der Waals surface area (Å²) in [6, 6.07) is 0. The first-order chi connectivity index (χ1) is 6.65. The maximum atomic E-state index is 11.2. The van der Waals surface area contributed by atoms with Crippen LogP contribution in [0.5, 0.6) is 0 Å². The summed E-state index contributed by atoms with van der Waals surface area (Å²) in [7, 11) is 0. The number of hydrogen-bond acceptors (Lipinski definition) is 7. The monoisotopic (exact) mass is 247 g/mol. The predicted molar refractivity (Wildman–Crippen MR) is 54.6 cm³/mol. The van der Waals surface area contributed by atoms with Crippen molar-refractivity contribution in [3.63, 3.8) is 0 Å². The number of carbonyl (C=O) groups excluding carboxylic acids is 2. The third-order valence-electron chi connectivity index (χ3n) is 1.56. The molecule has 1 fully saturated rings. The van der Waals surface area contributed by atoms with Crippen LogP contribution in [0.3, 0.4) is 0 Å². The van der Waals surface area contributed by atoms with E-state index in [4.69, 9.17) is 0 Å². The summed E-state index contributed by atoms with van der Waals surface area (Å²) in [6.45, 7) is 0. The molecule has 0 aromatic carbocycles. The molecule has 2 heterocycles. The van der Waals surface area contributed by atoms with Crippen LogP contribution >= 0.6 is 35.7 Å². The first kappa shape index (κ1) is 9.94. The number of thiol groups is 1. The number of amides is 2. The van der Waals surface area contributed by atoms with Gasteiger partial charge < -0.3 is 0 Å². The highest BCUT2D eigenvalue weighted by Crippen LogP contribution is 2.31. The zero-order chi connectivity index (χ0) is 10.1. The van der Waals surface area contributed by atoms with Crippen LogP contribution in [0.15, 0.2) is 8.68 Å². The lowest BCUT2D eigenvalue weighted by atomic mass is 10.4. The van der Waals surface area contributed by atoms with Gasteiger partial charge in [-0.2, -0.15) is 0 Å². The van der Waals surface area contributed by atoms with Crippen LogP contribution in [-0.4, -0.2) is 27.3 Å². The van der Waals surface area contributed by atoms with Crippen LogP contribution in [0, 0.1) is 0 Å². The molecule has 1 aliphatic rings. The van der Waals surface area contributed by atoms with Crippen molar-refractivity contribution in [2.75, 3.05) is 0 Å². The number of imide groups is 1. The Labute approximate surface area is 93.1 Å². The smallest absolute Gasteiger partial charge is 0.240 e. The Bertz CT molecular complexity index is 391. The van der Waals surface area contributed by atoms with E-state index in [1.807, 2.05) is 0 Å². The molecule has 14 heavy (non-hydrogen) atoms. The molecule has 1 atom stereocenters. The first-order valence-electron chi connectivity index (χ1n) is 3.68. The fourth-order valence-electron chi connectivity index (χ4n) is 0.997. The lowest BCUT2D eigenvalue weighted by Gasteiger charge is -1.99. The highest BCUT2D eigenvalue weighted by Gasteiger charge is 2.32. The number of aromatic nitrogens is 2. The van der Waals surface area contributed by atoms with E-state index in [0.29, 0.717) is 8.68 Å². The molecule has 1 unspecified atom stereocenters. The number of rotatable bonds is 2. The molecule has 1 N–H and O–H groups in total. The Hall–Kier alpha value is -0.600. The summed E-state index contributed by atoms with van der Waals surface area (Å²) in [5, 5.41) is 9.36. The topological polar surface area (TPSA) is 72.0 Å². The van der Waals surface area contributed by atoms with Crippen molar-refractivity contribution in [3.8, 4) is 0 Å². The van der Waals surface area contributed by atoms with Crippen LogP contribution in [0.4, 0.5) is 0 Å². The first-order valence-corrected chi connectivity index (χ1v) is 5.82. The minimum Gasteiger partial charge on any atom is -0.295 e. The number of nitrogens with zero attached hydrogens (tertiary/aromatic N) is 2. The number of hydrogen-bond donors (Lipinski definition) is 2. The zero-order valence-corrected chi connectivity index (χ0v) is 9.29. The standard InChI is InChI=1S/C6H5N3O2S3/c10-3-1-2(4(11)7-3)13-6-9-8-5(12)14-6/h2H,1H2,(H,8,12)(H,7,10,11). The minimum absolute atomic E-state index is 0.213. The van der Waals surface area contributed by atoms with Crippen molar-refractivity contribution in [2.45, 2.75) is 20.4 Å². The fourth-order valence-corrected chi connectivity index (χ4v) is 3.32. The van der Waals surface area contributed by atoms with E-state index in [1.54, 1.807) is 0 Å². The molecular formula is C6H5N3O2S3. The van der Waals surface area contributed by atoms with Gasteiger partial charge in [-0.3, -0.25) is 14.9 Å². The molecular weight excluding hydrogens is 242 g/mol. The second-order valence-corrected chi connectivity index (χ2v) is 5.73. The maximum absolute atomic E-state index is 11.2. The SMILES string of the molecule is O=C1CC(Sc2nnc(S)s2)C(=O)N1. The van der Waals surface area contributed by atoms with Crippen molar-refractivity contribution >= 4 is 47.5 Å². The van der Waals surface area contributed by atoms with Crippen molar-refractivity contribution in [1.29, 1.82) is 0 Å². The Morgan fingerprint density at radius 3 is 2.79 bits per heavy atom.